The van der Waals surface area contributed by atoms with Crippen molar-refractivity contribution in [2.75, 3.05) is 0 Å². The highest BCUT2D eigenvalue weighted by Gasteiger charge is 2.13. The van der Waals surface area contributed by atoms with E-state index in [1.165, 1.54) is 0 Å². The van der Waals surface area contributed by atoms with Crippen LogP contribution in [0.2, 0.25) is 5.02 Å². The molecule has 0 spiro atoms. The number of hydrogen-bond donors (Lipinski definition) is 2. The Hall–Kier alpha value is -0.730. The summed E-state index contributed by atoms with van der Waals surface area (Å²) in [6.45, 7) is 5.68. The van der Waals surface area contributed by atoms with Gasteiger partial charge in [0.1, 0.15) is 5.75 Å². The molecule has 0 saturated heterocycles. The van der Waals surface area contributed by atoms with Gasteiger partial charge in [-0.3, -0.25) is 0 Å². The molecule has 3 heteroatoms. The molecule has 1 atom stereocenters. The molecule has 0 heterocycles. The molecule has 1 unspecified atom stereocenters. The van der Waals surface area contributed by atoms with Crippen LogP contribution < -0.4 is 0 Å². The smallest absolute Gasteiger partial charge is 0.122 e. The summed E-state index contributed by atoms with van der Waals surface area (Å²) in [6.07, 6.45) is -0.0547. The molecule has 0 fully saturated rings. The van der Waals surface area contributed by atoms with Gasteiger partial charge < -0.3 is 10.2 Å². The van der Waals surface area contributed by atoms with Gasteiger partial charge in [0.25, 0.3) is 0 Å². The monoisotopic (exact) mass is 228 g/mol. The van der Waals surface area contributed by atoms with Gasteiger partial charge in [0.15, 0.2) is 0 Å². The summed E-state index contributed by atoms with van der Waals surface area (Å²) in [5, 5.41) is 19.9. The lowest BCUT2D eigenvalue weighted by molar-refractivity contribution is 0.194. The summed E-state index contributed by atoms with van der Waals surface area (Å²) in [6, 6.07) is 3.47. The van der Waals surface area contributed by atoms with Gasteiger partial charge in [0.2, 0.25) is 0 Å². The minimum atomic E-state index is -0.477. The van der Waals surface area contributed by atoms with E-state index in [9.17, 15) is 10.2 Å². The average Bonchev–Trinajstić information content (AvgIpc) is 2.09. The van der Waals surface area contributed by atoms with Gasteiger partial charge in [-0.2, -0.15) is 0 Å². The SMILES string of the molecule is CC(O)Cc1cc(Cl)cc(C(C)C)c1O. The molecule has 0 saturated carbocycles. The summed E-state index contributed by atoms with van der Waals surface area (Å²) in [5.41, 5.74) is 1.54. The van der Waals surface area contributed by atoms with Gasteiger partial charge in [0, 0.05) is 11.4 Å². The average molecular weight is 229 g/mol. The zero-order chi connectivity index (χ0) is 11.6. The molecule has 1 aromatic rings. The van der Waals surface area contributed by atoms with Crippen LogP contribution in [0.4, 0.5) is 0 Å². The van der Waals surface area contributed by atoms with E-state index in [0.717, 1.165) is 5.56 Å². The van der Waals surface area contributed by atoms with E-state index in [1.54, 1.807) is 19.1 Å². The van der Waals surface area contributed by atoms with Crippen molar-refractivity contribution in [3.8, 4) is 5.75 Å². The van der Waals surface area contributed by atoms with Gasteiger partial charge in [0.05, 0.1) is 6.10 Å². The largest absolute Gasteiger partial charge is 0.507 e. The molecule has 0 bridgehead atoms. The van der Waals surface area contributed by atoms with E-state index in [1.807, 2.05) is 13.8 Å². The molecule has 1 aromatic carbocycles. The molecule has 0 aliphatic heterocycles. The van der Waals surface area contributed by atoms with Crippen molar-refractivity contribution in [2.24, 2.45) is 0 Å². The summed E-state index contributed by atoms with van der Waals surface area (Å²) in [4.78, 5) is 0. The molecular weight excluding hydrogens is 212 g/mol. The predicted molar refractivity (Wildman–Crippen MR) is 62.6 cm³/mol. The highest BCUT2D eigenvalue weighted by Crippen LogP contribution is 2.32. The minimum Gasteiger partial charge on any atom is -0.507 e. The predicted octanol–water partition coefficient (Wildman–Crippen LogP) is 3.09. The van der Waals surface area contributed by atoms with Crippen LogP contribution in [-0.4, -0.2) is 16.3 Å². The van der Waals surface area contributed by atoms with Gasteiger partial charge in [-0.05, 0) is 36.1 Å². The maximum absolute atomic E-state index is 9.96. The Balaban J connectivity index is 3.16. The Morgan fingerprint density at radius 2 is 1.87 bits per heavy atom. The van der Waals surface area contributed by atoms with E-state index >= 15 is 0 Å². The Morgan fingerprint density at radius 1 is 1.27 bits per heavy atom. The number of phenolic OH excluding ortho intramolecular Hbond substituents is 1. The first kappa shape index (κ1) is 12.3. The lowest BCUT2D eigenvalue weighted by atomic mass is 9.97. The number of phenols is 1. The molecule has 0 amide bonds. The van der Waals surface area contributed by atoms with Crippen LogP contribution in [0.25, 0.3) is 0 Å². The number of rotatable bonds is 3. The van der Waals surface area contributed by atoms with Crippen LogP contribution in [0.1, 0.15) is 37.8 Å². The van der Waals surface area contributed by atoms with Crippen molar-refractivity contribution in [3.63, 3.8) is 0 Å². The molecule has 2 nitrogen and oxygen atoms in total. The molecular formula is C12H17ClO2. The van der Waals surface area contributed by atoms with Crippen molar-refractivity contribution in [3.05, 3.63) is 28.3 Å². The second-order valence-electron chi connectivity index (χ2n) is 4.21. The van der Waals surface area contributed by atoms with Crippen LogP contribution in [0.3, 0.4) is 0 Å². The lowest BCUT2D eigenvalue weighted by Crippen LogP contribution is -2.05. The molecule has 0 aliphatic rings. The highest BCUT2D eigenvalue weighted by molar-refractivity contribution is 6.30. The normalized spacial score (nSPS) is 13.2. The number of halogens is 1. The topological polar surface area (TPSA) is 40.5 Å². The van der Waals surface area contributed by atoms with E-state index in [0.29, 0.717) is 17.0 Å². The third kappa shape index (κ3) is 3.11. The number of aliphatic hydroxyl groups is 1. The zero-order valence-electron chi connectivity index (χ0n) is 9.29. The minimum absolute atomic E-state index is 0.219. The Bertz CT molecular complexity index is 346. The summed E-state index contributed by atoms with van der Waals surface area (Å²) < 4.78 is 0. The van der Waals surface area contributed by atoms with Crippen LogP contribution in [-0.2, 0) is 6.42 Å². The molecule has 15 heavy (non-hydrogen) atoms. The fraction of sp³-hybridized carbons (Fsp3) is 0.500. The third-order valence-electron chi connectivity index (χ3n) is 2.32. The molecule has 1 rings (SSSR count). The second kappa shape index (κ2) is 4.86. The van der Waals surface area contributed by atoms with Crippen LogP contribution in [0.5, 0.6) is 5.75 Å². The van der Waals surface area contributed by atoms with Gasteiger partial charge in [-0.15, -0.1) is 0 Å². The fourth-order valence-electron chi connectivity index (χ4n) is 1.59. The first-order valence-corrected chi connectivity index (χ1v) is 5.49. The van der Waals surface area contributed by atoms with Gasteiger partial charge in [-0.25, -0.2) is 0 Å². The Kier molecular flexibility index (Phi) is 4.00. The van der Waals surface area contributed by atoms with Crippen LogP contribution >= 0.6 is 11.6 Å². The first-order valence-electron chi connectivity index (χ1n) is 5.11. The highest BCUT2D eigenvalue weighted by atomic mass is 35.5. The summed E-state index contributed by atoms with van der Waals surface area (Å²) >= 11 is 5.96. The molecule has 0 radical (unpaired) electrons. The van der Waals surface area contributed by atoms with E-state index in [4.69, 9.17) is 11.6 Å². The standard InChI is InChI=1S/C12H17ClO2/c1-7(2)11-6-10(13)5-9(12(11)15)4-8(3)14/h5-8,14-15H,4H2,1-3H3. The first-order chi connectivity index (χ1) is 6.91. The maximum atomic E-state index is 9.96. The molecule has 0 aliphatic carbocycles. The maximum Gasteiger partial charge on any atom is 0.122 e. The quantitative estimate of drug-likeness (QED) is 0.835. The fourth-order valence-corrected chi connectivity index (χ4v) is 1.84. The van der Waals surface area contributed by atoms with E-state index in [2.05, 4.69) is 0 Å². The Labute approximate surface area is 95.5 Å². The Morgan fingerprint density at radius 3 is 2.33 bits per heavy atom. The second-order valence-corrected chi connectivity index (χ2v) is 4.65. The van der Waals surface area contributed by atoms with Crippen LogP contribution in [0.15, 0.2) is 12.1 Å². The molecule has 2 N–H and O–H groups in total. The van der Waals surface area contributed by atoms with Crippen molar-refractivity contribution in [1.82, 2.24) is 0 Å². The van der Waals surface area contributed by atoms with Gasteiger partial charge in [-0.1, -0.05) is 25.4 Å². The van der Waals surface area contributed by atoms with Crippen molar-refractivity contribution >= 4 is 11.6 Å². The molecule has 84 valence electrons. The number of benzene rings is 1. The number of aliphatic hydroxyl groups excluding tert-OH is 1. The lowest BCUT2D eigenvalue weighted by Gasteiger charge is -2.14. The van der Waals surface area contributed by atoms with Crippen molar-refractivity contribution in [1.29, 1.82) is 0 Å². The number of aromatic hydroxyl groups is 1. The van der Waals surface area contributed by atoms with E-state index in [-0.39, 0.29) is 11.7 Å². The third-order valence-corrected chi connectivity index (χ3v) is 2.54. The van der Waals surface area contributed by atoms with E-state index < -0.39 is 6.10 Å². The summed E-state index contributed by atoms with van der Waals surface area (Å²) in [7, 11) is 0. The zero-order valence-corrected chi connectivity index (χ0v) is 10.0. The number of hydrogen-bond acceptors (Lipinski definition) is 2. The van der Waals surface area contributed by atoms with Gasteiger partial charge >= 0.3 is 0 Å². The van der Waals surface area contributed by atoms with Crippen LogP contribution in [0, 0.1) is 0 Å². The molecule has 0 aromatic heterocycles. The van der Waals surface area contributed by atoms with Crippen molar-refractivity contribution in [2.45, 2.75) is 39.2 Å². The van der Waals surface area contributed by atoms with Crippen molar-refractivity contribution < 1.29 is 10.2 Å². The summed E-state index contributed by atoms with van der Waals surface area (Å²) in [5.74, 6) is 0.478.